The molecular weight excluding hydrogens is 312 g/mol. The number of aromatic hydroxyl groups is 1. The van der Waals surface area contributed by atoms with E-state index in [0.717, 1.165) is 16.9 Å². The van der Waals surface area contributed by atoms with Gasteiger partial charge in [-0.25, -0.2) is 5.10 Å². The summed E-state index contributed by atoms with van der Waals surface area (Å²) in [7, 11) is 1.62. The van der Waals surface area contributed by atoms with Crippen molar-refractivity contribution >= 4 is 18.4 Å². The summed E-state index contributed by atoms with van der Waals surface area (Å²) in [4.78, 5) is 0. The van der Waals surface area contributed by atoms with Crippen LogP contribution in [-0.4, -0.2) is 33.3 Å². The Morgan fingerprint density at radius 3 is 2.52 bits per heavy atom. The smallest absolute Gasteiger partial charge is 0.216 e. The van der Waals surface area contributed by atoms with E-state index in [1.54, 1.807) is 42.3 Å². The highest BCUT2D eigenvalue weighted by Gasteiger charge is 2.08. The molecule has 0 bridgehead atoms. The standard InChI is InChI=1S/C16H14N4O2S/c1-22-14-8-4-12(5-9-14)15-18-19-16(23)20(15)17-10-11-2-6-13(21)7-3-11/h2-10,21H,1H3,(H,19,23)/b17-10+. The second-order valence-corrected chi connectivity index (χ2v) is 5.12. The van der Waals surface area contributed by atoms with Crippen molar-refractivity contribution in [1.82, 2.24) is 14.9 Å². The molecule has 0 aliphatic heterocycles. The molecule has 0 fully saturated rings. The Morgan fingerprint density at radius 1 is 1.17 bits per heavy atom. The molecule has 0 saturated heterocycles. The van der Waals surface area contributed by atoms with Crippen LogP contribution in [0.3, 0.4) is 0 Å². The number of aromatic amines is 1. The molecular formula is C16H14N4O2S. The van der Waals surface area contributed by atoms with Crippen LogP contribution in [0.1, 0.15) is 5.56 Å². The summed E-state index contributed by atoms with van der Waals surface area (Å²) in [6.07, 6.45) is 1.65. The van der Waals surface area contributed by atoms with Gasteiger partial charge >= 0.3 is 0 Å². The lowest BCUT2D eigenvalue weighted by Crippen LogP contribution is -1.95. The number of hydrogen-bond acceptors (Lipinski definition) is 5. The number of aromatic nitrogens is 3. The third-order valence-electron chi connectivity index (χ3n) is 3.21. The minimum absolute atomic E-state index is 0.209. The van der Waals surface area contributed by atoms with Crippen LogP contribution in [0, 0.1) is 4.77 Å². The number of methoxy groups -OCH3 is 1. The highest BCUT2D eigenvalue weighted by molar-refractivity contribution is 7.71. The highest BCUT2D eigenvalue weighted by Crippen LogP contribution is 2.20. The second kappa shape index (κ2) is 6.45. The molecule has 23 heavy (non-hydrogen) atoms. The van der Waals surface area contributed by atoms with Crippen LogP contribution in [0.2, 0.25) is 0 Å². The molecule has 7 heteroatoms. The lowest BCUT2D eigenvalue weighted by Gasteiger charge is -2.03. The lowest BCUT2D eigenvalue weighted by atomic mass is 10.2. The summed E-state index contributed by atoms with van der Waals surface area (Å²) in [5.41, 5.74) is 1.70. The number of rotatable bonds is 4. The number of ether oxygens (including phenoxy) is 1. The Bertz CT molecular complexity index is 880. The Morgan fingerprint density at radius 2 is 1.87 bits per heavy atom. The van der Waals surface area contributed by atoms with Gasteiger partial charge in [0.05, 0.1) is 13.3 Å². The van der Waals surface area contributed by atoms with E-state index in [0.29, 0.717) is 10.6 Å². The van der Waals surface area contributed by atoms with Crippen molar-refractivity contribution in [2.75, 3.05) is 7.11 Å². The molecule has 0 spiro atoms. The van der Waals surface area contributed by atoms with Crippen LogP contribution in [-0.2, 0) is 0 Å². The first-order chi connectivity index (χ1) is 11.2. The van der Waals surface area contributed by atoms with Gasteiger partial charge in [-0.2, -0.15) is 14.9 Å². The molecule has 2 aromatic carbocycles. The van der Waals surface area contributed by atoms with Crippen LogP contribution in [0.5, 0.6) is 11.5 Å². The van der Waals surface area contributed by atoms with Crippen LogP contribution in [0.25, 0.3) is 11.4 Å². The maximum absolute atomic E-state index is 9.30. The summed E-state index contributed by atoms with van der Waals surface area (Å²) in [6, 6.07) is 14.2. The number of phenols is 1. The SMILES string of the molecule is COc1ccc(-c2n[nH]c(=S)n2/N=C/c2ccc(O)cc2)cc1. The molecule has 0 radical (unpaired) electrons. The Kier molecular flexibility index (Phi) is 4.20. The number of benzene rings is 2. The zero-order valence-electron chi connectivity index (χ0n) is 12.3. The molecule has 0 saturated carbocycles. The summed E-state index contributed by atoms with van der Waals surface area (Å²) >= 11 is 5.22. The summed E-state index contributed by atoms with van der Waals surface area (Å²) in [5.74, 6) is 1.58. The van der Waals surface area contributed by atoms with Crippen molar-refractivity contribution in [1.29, 1.82) is 0 Å². The van der Waals surface area contributed by atoms with E-state index in [4.69, 9.17) is 17.0 Å². The molecule has 0 aliphatic rings. The minimum Gasteiger partial charge on any atom is -0.508 e. The molecule has 1 heterocycles. The van der Waals surface area contributed by atoms with Crippen LogP contribution < -0.4 is 4.74 Å². The van der Waals surface area contributed by atoms with Crippen LogP contribution in [0.15, 0.2) is 53.6 Å². The van der Waals surface area contributed by atoms with Crippen molar-refractivity contribution in [2.45, 2.75) is 0 Å². The van der Waals surface area contributed by atoms with Gasteiger partial charge in [0.2, 0.25) is 4.77 Å². The lowest BCUT2D eigenvalue weighted by molar-refractivity contribution is 0.415. The summed E-state index contributed by atoms with van der Waals surface area (Å²) in [5, 5.41) is 20.6. The average molecular weight is 326 g/mol. The van der Waals surface area contributed by atoms with E-state index in [-0.39, 0.29) is 5.75 Å². The molecule has 1 aromatic heterocycles. The van der Waals surface area contributed by atoms with Crippen molar-refractivity contribution in [2.24, 2.45) is 5.10 Å². The van der Waals surface area contributed by atoms with Gasteiger partial charge in [0.25, 0.3) is 0 Å². The minimum atomic E-state index is 0.209. The summed E-state index contributed by atoms with van der Waals surface area (Å²) < 4.78 is 7.09. The number of H-pyrrole nitrogens is 1. The highest BCUT2D eigenvalue weighted by atomic mass is 32.1. The molecule has 6 nitrogen and oxygen atoms in total. The molecule has 0 atom stereocenters. The fourth-order valence-electron chi connectivity index (χ4n) is 2.01. The van der Waals surface area contributed by atoms with Crippen molar-refractivity contribution in [3.63, 3.8) is 0 Å². The summed E-state index contributed by atoms with van der Waals surface area (Å²) in [6.45, 7) is 0. The average Bonchev–Trinajstić information content (AvgIpc) is 2.95. The number of phenolic OH excluding ortho intramolecular Hbond substituents is 1. The molecule has 2 N–H and O–H groups in total. The predicted octanol–water partition coefficient (Wildman–Crippen LogP) is 3.20. The van der Waals surface area contributed by atoms with Gasteiger partial charge < -0.3 is 9.84 Å². The van der Waals surface area contributed by atoms with Gasteiger partial charge in [-0.15, -0.1) is 0 Å². The van der Waals surface area contributed by atoms with Gasteiger partial charge in [-0.3, -0.25) is 0 Å². The van der Waals surface area contributed by atoms with Gasteiger partial charge in [0.1, 0.15) is 11.5 Å². The molecule has 3 rings (SSSR count). The van der Waals surface area contributed by atoms with Gasteiger partial charge in [0.15, 0.2) is 5.82 Å². The number of nitrogens with zero attached hydrogens (tertiary/aromatic N) is 3. The second-order valence-electron chi connectivity index (χ2n) is 4.73. The molecule has 3 aromatic rings. The topological polar surface area (TPSA) is 75.4 Å². The monoisotopic (exact) mass is 326 g/mol. The first-order valence-corrected chi connectivity index (χ1v) is 7.23. The molecule has 116 valence electrons. The molecule has 0 amide bonds. The van der Waals surface area contributed by atoms with Gasteiger partial charge in [-0.1, -0.05) is 0 Å². The Labute approximate surface area is 137 Å². The van der Waals surface area contributed by atoms with E-state index < -0.39 is 0 Å². The zero-order chi connectivity index (χ0) is 16.2. The molecule has 0 unspecified atom stereocenters. The van der Waals surface area contributed by atoms with Crippen molar-refractivity contribution in [3.05, 3.63) is 58.9 Å². The Balaban J connectivity index is 1.95. The maximum atomic E-state index is 9.30. The third kappa shape index (κ3) is 3.29. The molecule has 0 aliphatic carbocycles. The van der Waals surface area contributed by atoms with Crippen molar-refractivity contribution < 1.29 is 9.84 Å². The van der Waals surface area contributed by atoms with Crippen molar-refractivity contribution in [3.8, 4) is 22.9 Å². The van der Waals surface area contributed by atoms with E-state index in [1.165, 1.54) is 0 Å². The first kappa shape index (κ1) is 15.0. The normalized spacial score (nSPS) is 11.0. The zero-order valence-corrected chi connectivity index (χ0v) is 13.1. The first-order valence-electron chi connectivity index (χ1n) is 6.82. The number of nitrogens with one attached hydrogen (secondary N) is 1. The fourth-order valence-corrected chi connectivity index (χ4v) is 2.19. The van der Waals surface area contributed by atoms with E-state index in [1.807, 2.05) is 24.3 Å². The van der Waals surface area contributed by atoms with Gasteiger partial charge in [0, 0.05) is 5.56 Å². The van der Waals surface area contributed by atoms with Crippen LogP contribution in [0.4, 0.5) is 0 Å². The van der Waals surface area contributed by atoms with E-state index in [2.05, 4.69) is 15.3 Å². The quantitative estimate of drug-likeness (QED) is 0.570. The maximum Gasteiger partial charge on any atom is 0.216 e. The number of hydrogen-bond donors (Lipinski definition) is 2. The largest absolute Gasteiger partial charge is 0.508 e. The van der Waals surface area contributed by atoms with E-state index >= 15 is 0 Å². The van der Waals surface area contributed by atoms with Gasteiger partial charge in [-0.05, 0) is 66.3 Å². The van der Waals surface area contributed by atoms with E-state index in [9.17, 15) is 5.11 Å². The van der Waals surface area contributed by atoms with Crippen LogP contribution >= 0.6 is 12.2 Å². The predicted molar refractivity (Wildman–Crippen MR) is 90.5 cm³/mol. The fraction of sp³-hybridized carbons (Fsp3) is 0.0625. The Hall–Kier alpha value is -2.93. The third-order valence-corrected chi connectivity index (χ3v) is 3.48.